The average Bonchev–Trinajstić information content (AvgIpc) is 2.65. The van der Waals surface area contributed by atoms with Crippen LogP contribution in [-0.2, 0) is 16.0 Å². The fourth-order valence-corrected chi connectivity index (χ4v) is 3.42. The summed E-state index contributed by atoms with van der Waals surface area (Å²) in [4.78, 5) is 43.3. The van der Waals surface area contributed by atoms with Crippen LogP contribution in [-0.4, -0.2) is 58.6 Å². The first kappa shape index (κ1) is 20.9. The summed E-state index contributed by atoms with van der Waals surface area (Å²) in [5, 5.41) is 0.970. The van der Waals surface area contributed by atoms with Gasteiger partial charge in [0.05, 0.1) is 0 Å². The van der Waals surface area contributed by atoms with Gasteiger partial charge in [-0.1, -0.05) is 11.6 Å². The lowest BCUT2D eigenvalue weighted by Gasteiger charge is -2.35. The molecule has 2 amide bonds. The summed E-state index contributed by atoms with van der Waals surface area (Å²) in [6.45, 7) is 9.37. The smallest absolute Gasteiger partial charge is 0.410 e. The van der Waals surface area contributed by atoms with E-state index in [1.807, 2.05) is 52.0 Å². The van der Waals surface area contributed by atoms with Gasteiger partial charge in [0.2, 0.25) is 5.91 Å². The maximum atomic E-state index is 12.6. The lowest BCUT2D eigenvalue weighted by Crippen LogP contribution is -2.51. The van der Waals surface area contributed by atoms with Crippen molar-refractivity contribution in [2.45, 2.75) is 46.1 Å². The van der Waals surface area contributed by atoms with Crippen molar-refractivity contribution in [3.63, 3.8) is 0 Å². The summed E-state index contributed by atoms with van der Waals surface area (Å²) < 4.78 is 5.38. The summed E-state index contributed by atoms with van der Waals surface area (Å²) in [5.41, 5.74) is 1.85. The number of rotatable bonds is 3. The number of hydrogen-bond acceptors (Lipinski definition) is 4. The van der Waals surface area contributed by atoms with E-state index in [9.17, 15) is 14.4 Å². The molecule has 1 fully saturated rings. The molecule has 3 rings (SSSR count). The Hall–Kier alpha value is -2.83. The molecule has 2 heterocycles. The molecule has 0 radical (unpaired) electrons. The van der Waals surface area contributed by atoms with Gasteiger partial charge in [-0.15, -0.1) is 0 Å². The standard InChI is InChI=1S/C22H29N3O4/c1-15-5-7-18-17(13-15)14-16(20(27)23-18)6-8-19(26)24-9-11-25(12-10-24)21(28)29-22(2,3)4/h5,7,13-14H,6,8-12H2,1-4H3,(H,23,27). The van der Waals surface area contributed by atoms with Crippen molar-refractivity contribution < 1.29 is 14.3 Å². The second kappa shape index (κ2) is 8.27. The van der Waals surface area contributed by atoms with Crippen molar-refractivity contribution in [3.8, 4) is 0 Å². The Balaban J connectivity index is 1.55. The first-order valence-corrected chi connectivity index (χ1v) is 10.0. The predicted octanol–water partition coefficient (Wildman–Crippen LogP) is 2.85. The molecule has 0 saturated carbocycles. The van der Waals surface area contributed by atoms with E-state index < -0.39 is 5.60 Å². The fraction of sp³-hybridized carbons (Fsp3) is 0.500. The Bertz CT molecular complexity index is 966. The number of nitrogens with zero attached hydrogens (tertiary/aromatic N) is 2. The number of carbonyl (C=O) groups is 2. The number of pyridine rings is 1. The number of aromatic nitrogens is 1. The average molecular weight is 399 g/mol. The number of H-pyrrole nitrogens is 1. The van der Waals surface area contributed by atoms with Crippen LogP contribution >= 0.6 is 0 Å². The van der Waals surface area contributed by atoms with E-state index in [0.717, 1.165) is 16.5 Å². The lowest BCUT2D eigenvalue weighted by atomic mass is 10.1. The second-order valence-electron chi connectivity index (χ2n) is 8.56. The van der Waals surface area contributed by atoms with Crippen LogP contribution in [0.15, 0.2) is 29.1 Å². The number of nitrogens with one attached hydrogen (secondary N) is 1. The molecule has 1 N–H and O–H groups in total. The topological polar surface area (TPSA) is 82.7 Å². The second-order valence-corrected chi connectivity index (χ2v) is 8.56. The van der Waals surface area contributed by atoms with E-state index in [1.54, 1.807) is 9.80 Å². The van der Waals surface area contributed by atoms with E-state index >= 15 is 0 Å². The minimum absolute atomic E-state index is 0.00224. The zero-order valence-electron chi connectivity index (χ0n) is 17.6. The number of hydrogen-bond donors (Lipinski definition) is 1. The Labute approximate surface area is 170 Å². The van der Waals surface area contributed by atoms with Gasteiger partial charge in [-0.05, 0) is 57.7 Å². The number of piperazine rings is 1. The Morgan fingerprint density at radius 2 is 1.72 bits per heavy atom. The van der Waals surface area contributed by atoms with Crippen molar-refractivity contribution >= 4 is 22.9 Å². The predicted molar refractivity (Wildman–Crippen MR) is 112 cm³/mol. The molecule has 0 aliphatic carbocycles. The van der Waals surface area contributed by atoms with Gasteiger partial charge in [0.15, 0.2) is 0 Å². The molecule has 156 valence electrons. The lowest BCUT2D eigenvalue weighted by molar-refractivity contribution is -0.132. The van der Waals surface area contributed by atoms with Crippen LogP contribution in [0.5, 0.6) is 0 Å². The molecule has 7 nitrogen and oxygen atoms in total. The number of aromatic amines is 1. The highest BCUT2D eigenvalue weighted by Gasteiger charge is 2.27. The highest BCUT2D eigenvalue weighted by atomic mass is 16.6. The van der Waals surface area contributed by atoms with Gasteiger partial charge in [0.1, 0.15) is 5.60 Å². The highest BCUT2D eigenvalue weighted by Crippen LogP contribution is 2.15. The molecular formula is C22H29N3O4. The van der Waals surface area contributed by atoms with Crippen LogP contribution in [0.3, 0.4) is 0 Å². The third-order valence-corrected chi connectivity index (χ3v) is 4.97. The van der Waals surface area contributed by atoms with E-state index in [-0.39, 0.29) is 24.0 Å². The van der Waals surface area contributed by atoms with Gasteiger partial charge in [0.25, 0.3) is 5.56 Å². The van der Waals surface area contributed by atoms with Crippen molar-refractivity contribution in [1.82, 2.24) is 14.8 Å². The highest BCUT2D eigenvalue weighted by molar-refractivity contribution is 5.80. The maximum absolute atomic E-state index is 12.6. The van der Waals surface area contributed by atoms with Crippen LogP contribution < -0.4 is 5.56 Å². The first-order chi connectivity index (χ1) is 13.6. The molecule has 1 aliphatic heterocycles. The van der Waals surface area contributed by atoms with Crippen LogP contribution in [0, 0.1) is 6.92 Å². The van der Waals surface area contributed by atoms with E-state index in [2.05, 4.69) is 4.98 Å². The van der Waals surface area contributed by atoms with Crippen LogP contribution in [0.25, 0.3) is 10.9 Å². The van der Waals surface area contributed by atoms with Crippen molar-refractivity contribution in [2.24, 2.45) is 0 Å². The van der Waals surface area contributed by atoms with Crippen molar-refractivity contribution in [2.75, 3.05) is 26.2 Å². The molecule has 0 atom stereocenters. The molecule has 1 aliphatic rings. The normalized spacial score (nSPS) is 14.9. The minimum Gasteiger partial charge on any atom is -0.444 e. The molecule has 7 heteroatoms. The molecular weight excluding hydrogens is 370 g/mol. The van der Waals surface area contributed by atoms with Crippen molar-refractivity contribution in [3.05, 3.63) is 45.7 Å². The molecule has 0 bridgehead atoms. The van der Waals surface area contributed by atoms with E-state index in [1.165, 1.54) is 0 Å². The van der Waals surface area contributed by atoms with Gasteiger partial charge in [0, 0.05) is 43.7 Å². The molecule has 1 aromatic heterocycles. The quantitative estimate of drug-likeness (QED) is 0.860. The summed E-state index contributed by atoms with van der Waals surface area (Å²) in [5.74, 6) is -0.00224. The SMILES string of the molecule is Cc1ccc2[nH]c(=O)c(CCC(=O)N3CCN(C(=O)OC(C)(C)C)CC3)cc2c1. The van der Waals surface area contributed by atoms with Crippen LogP contribution in [0.1, 0.15) is 38.3 Å². The zero-order valence-corrected chi connectivity index (χ0v) is 17.6. The third kappa shape index (κ3) is 5.37. The number of aryl methyl sites for hydroxylation is 2. The molecule has 2 aromatic rings. The number of ether oxygens (including phenoxy) is 1. The van der Waals surface area contributed by atoms with Crippen LogP contribution in [0.2, 0.25) is 0 Å². The molecule has 1 aromatic carbocycles. The molecule has 0 spiro atoms. The van der Waals surface area contributed by atoms with E-state index in [4.69, 9.17) is 4.74 Å². The van der Waals surface area contributed by atoms with Gasteiger partial charge in [-0.2, -0.15) is 0 Å². The molecule has 29 heavy (non-hydrogen) atoms. The monoisotopic (exact) mass is 399 g/mol. The number of carbonyl (C=O) groups excluding carboxylic acids is 2. The van der Waals surface area contributed by atoms with Gasteiger partial charge in [-0.25, -0.2) is 4.79 Å². The van der Waals surface area contributed by atoms with Gasteiger partial charge < -0.3 is 19.5 Å². The maximum Gasteiger partial charge on any atom is 0.410 e. The molecule has 1 saturated heterocycles. The van der Waals surface area contributed by atoms with Gasteiger partial charge in [-0.3, -0.25) is 9.59 Å². The summed E-state index contributed by atoms with van der Waals surface area (Å²) in [7, 11) is 0. The van der Waals surface area contributed by atoms with E-state index in [0.29, 0.717) is 38.2 Å². The van der Waals surface area contributed by atoms with Gasteiger partial charge >= 0.3 is 6.09 Å². The zero-order chi connectivity index (χ0) is 21.2. The summed E-state index contributed by atoms with van der Waals surface area (Å²) in [6, 6.07) is 7.74. The third-order valence-electron chi connectivity index (χ3n) is 4.97. The molecule has 0 unspecified atom stereocenters. The number of benzene rings is 1. The minimum atomic E-state index is -0.532. The number of amides is 2. The van der Waals surface area contributed by atoms with Crippen molar-refractivity contribution in [1.29, 1.82) is 0 Å². The van der Waals surface area contributed by atoms with Crippen LogP contribution in [0.4, 0.5) is 4.79 Å². The largest absolute Gasteiger partial charge is 0.444 e. The Morgan fingerprint density at radius 1 is 1.07 bits per heavy atom. The first-order valence-electron chi connectivity index (χ1n) is 10.0. The fourth-order valence-electron chi connectivity index (χ4n) is 3.42. The Morgan fingerprint density at radius 3 is 2.38 bits per heavy atom. The number of fused-ring (bicyclic) bond motifs is 1. The Kier molecular flexibility index (Phi) is 5.96. The summed E-state index contributed by atoms with van der Waals surface area (Å²) in [6.07, 6.45) is 0.319. The summed E-state index contributed by atoms with van der Waals surface area (Å²) >= 11 is 0.